The predicted octanol–water partition coefficient (Wildman–Crippen LogP) is 3.61. The Hall–Kier alpha value is -2.48. The zero-order valence-corrected chi connectivity index (χ0v) is 14.2. The zero-order valence-electron chi connectivity index (χ0n) is 14.2. The molecule has 24 heavy (non-hydrogen) atoms. The molecule has 2 atom stereocenters. The van der Waals surface area contributed by atoms with Gasteiger partial charge < -0.3 is 15.2 Å². The van der Waals surface area contributed by atoms with Crippen molar-refractivity contribution in [3.05, 3.63) is 47.4 Å². The Morgan fingerprint density at radius 2 is 1.92 bits per heavy atom. The van der Waals surface area contributed by atoms with E-state index in [1.807, 2.05) is 10.6 Å². The van der Waals surface area contributed by atoms with Crippen LogP contribution in [-0.2, 0) is 6.54 Å². The first-order chi connectivity index (χ1) is 11.5. The highest BCUT2D eigenvalue weighted by molar-refractivity contribution is 5.68. The van der Waals surface area contributed by atoms with Crippen molar-refractivity contribution in [2.24, 2.45) is 11.8 Å². The molecule has 0 amide bonds. The Morgan fingerprint density at radius 3 is 2.54 bits per heavy atom. The number of anilines is 2. The summed E-state index contributed by atoms with van der Waals surface area (Å²) in [6.45, 7) is 6.57. The molecule has 3 rings (SSSR count). The second kappa shape index (κ2) is 6.56. The highest BCUT2D eigenvalue weighted by Crippen LogP contribution is 2.33. The summed E-state index contributed by atoms with van der Waals surface area (Å²) in [6, 6.07) is 10.6. The van der Waals surface area contributed by atoms with Crippen LogP contribution in [0.2, 0.25) is 0 Å². The number of aromatic nitrogens is 1. The summed E-state index contributed by atoms with van der Waals surface area (Å²) in [7, 11) is 0. The lowest BCUT2D eigenvalue weighted by molar-refractivity contribution is 0.353. The largest absolute Gasteiger partial charge is 0.396 e. The molecule has 2 N–H and O–H groups in total. The van der Waals surface area contributed by atoms with Gasteiger partial charge in [-0.3, -0.25) is 0 Å². The molecule has 2 aromatic rings. The number of hydrogen-bond acceptors (Lipinski definition) is 3. The van der Waals surface area contributed by atoms with E-state index in [4.69, 9.17) is 5.73 Å². The fraction of sp³-hybridized carbons (Fsp3) is 0.421. The van der Waals surface area contributed by atoms with Crippen LogP contribution < -0.4 is 10.6 Å². The van der Waals surface area contributed by atoms with Gasteiger partial charge >= 0.3 is 0 Å². The number of benzene rings is 1. The average molecular weight is 326 g/mol. The van der Waals surface area contributed by atoms with Crippen LogP contribution >= 0.6 is 0 Å². The third-order valence-corrected chi connectivity index (χ3v) is 4.67. The van der Waals surface area contributed by atoms with Crippen LogP contribution in [0.3, 0.4) is 0 Å². The van der Waals surface area contributed by atoms with E-state index in [0.717, 1.165) is 18.9 Å². The van der Waals surface area contributed by atoms with E-state index in [1.165, 1.54) is 12.5 Å². The number of halogens is 1. The molecule has 0 spiro atoms. The second-order valence-corrected chi connectivity index (χ2v) is 6.95. The fourth-order valence-corrected chi connectivity index (χ4v) is 3.80. The minimum Gasteiger partial charge on any atom is -0.396 e. The molecule has 1 aliphatic heterocycles. The maximum atomic E-state index is 14.1. The summed E-state index contributed by atoms with van der Waals surface area (Å²) in [5.41, 5.74) is 7.84. The van der Waals surface area contributed by atoms with Gasteiger partial charge in [-0.15, -0.1) is 0 Å². The molecule has 1 aliphatic rings. The summed E-state index contributed by atoms with van der Waals surface area (Å²) >= 11 is 0. The summed E-state index contributed by atoms with van der Waals surface area (Å²) in [4.78, 5) is 2.25. The monoisotopic (exact) mass is 326 g/mol. The molecular formula is C19H23FN4. The standard InChI is InChI=1S/C19H23FN4/c1-13-7-14(2)11-23(10-13)19-18(22)8-16(9-21)24(19)12-15-5-3-4-6-17(15)20/h3-6,8,13-14H,7,10-12,22H2,1-2H3/t13-,14+. The maximum absolute atomic E-state index is 14.1. The third kappa shape index (κ3) is 3.09. The number of hydrogen-bond donors (Lipinski definition) is 1. The molecule has 126 valence electrons. The first-order valence-corrected chi connectivity index (χ1v) is 8.37. The number of nitrogen functional groups attached to an aromatic ring is 1. The van der Waals surface area contributed by atoms with Crippen LogP contribution in [-0.4, -0.2) is 17.7 Å². The molecule has 4 nitrogen and oxygen atoms in total. The van der Waals surface area contributed by atoms with Gasteiger partial charge in [0, 0.05) is 18.7 Å². The highest BCUT2D eigenvalue weighted by Gasteiger charge is 2.27. The van der Waals surface area contributed by atoms with Crippen LogP contribution in [0.5, 0.6) is 0 Å². The molecule has 5 heteroatoms. The lowest BCUT2D eigenvalue weighted by atomic mass is 9.92. The van der Waals surface area contributed by atoms with E-state index in [1.54, 1.807) is 18.2 Å². The summed E-state index contributed by atoms with van der Waals surface area (Å²) in [5.74, 6) is 1.71. The molecule has 2 heterocycles. The van der Waals surface area contributed by atoms with Crippen LogP contribution in [0.15, 0.2) is 30.3 Å². The summed E-state index contributed by atoms with van der Waals surface area (Å²) < 4.78 is 15.9. The Bertz CT molecular complexity index is 764. The van der Waals surface area contributed by atoms with Crippen LogP contribution in [0, 0.1) is 29.0 Å². The van der Waals surface area contributed by atoms with Crippen molar-refractivity contribution in [1.29, 1.82) is 5.26 Å². The minimum absolute atomic E-state index is 0.264. The van der Waals surface area contributed by atoms with Gasteiger partial charge in [-0.05, 0) is 30.4 Å². The van der Waals surface area contributed by atoms with Gasteiger partial charge in [-0.2, -0.15) is 5.26 Å². The lowest BCUT2D eigenvalue weighted by Gasteiger charge is -2.37. The van der Waals surface area contributed by atoms with E-state index in [0.29, 0.717) is 35.3 Å². The summed E-state index contributed by atoms with van der Waals surface area (Å²) in [5, 5.41) is 9.47. The van der Waals surface area contributed by atoms with Gasteiger partial charge in [0.2, 0.25) is 0 Å². The normalized spacial score (nSPS) is 20.8. The average Bonchev–Trinajstić information content (AvgIpc) is 2.84. The number of nitrogens with two attached hydrogens (primary N) is 1. The lowest BCUT2D eigenvalue weighted by Crippen LogP contribution is -2.40. The Morgan fingerprint density at radius 1 is 1.25 bits per heavy atom. The van der Waals surface area contributed by atoms with Gasteiger partial charge in [-0.25, -0.2) is 4.39 Å². The third-order valence-electron chi connectivity index (χ3n) is 4.67. The van der Waals surface area contributed by atoms with E-state index in [-0.39, 0.29) is 5.82 Å². The van der Waals surface area contributed by atoms with Crippen molar-refractivity contribution in [1.82, 2.24) is 4.57 Å². The van der Waals surface area contributed by atoms with E-state index >= 15 is 0 Å². The van der Waals surface area contributed by atoms with Crippen molar-refractivity contribution in [2.45, 2.75) is 26.8 Å². The molecular weight excluding hydrogens is 303 g/mol. The smallest absolute Gasteiger partial charge is 0.133 e. The van der Waals surface area contributed by atoms with Crippen molar-refractivity contribution in [2.75, 3.05) is 23.7 Å². The topological polar surface area (TPSA) is 58.0 Å². The zero-order chi connectivity index (χ0) is 17.3. The van der Waals surface area contributed by atoms with Crippen LogP contribution in [0.4, 0.5) is 15.9 Å². The Balaban J connectivity index is 2.02. The first kappa shape index (κ1) is 16.4. The van der Waals surface area contributed by atoms with Gasteiger partial charge in [0.05, 0.1) is 12.2 Å². The maximum Gasteiger partial charge on any atom is 0.133 e. The molecule has 1 saturated heterocycles. The quantitative estimate of drug-likeness (QED) is 0.937. The number of rotatable bonds is 3. The van der Waals surface area contributed by atoms with E-state index in [9.17, 15) is 9.65 Å². The van der Waals surface area contributed by atoms with Gasteiger partial charge in [-0.1, -0.05) is 32.0 Å². The molecule has 1 aromatic carbocycles. The van der Waals surface area contributed by atoms with Gasteiger partial charge in [0.1, 0.15) is 23.4 Å². The minimum atomic E-state index is -0.264. The van der Waals surface area contributed by atoms with E-state index in [2.05, 4.69) is 24.8 Å². The van der Waals surface area contributed by atoms with E-state index < -0.39 is 0 Å². The predicted molar refractivity (Wildman–Crippen MR) is 94.2 cm³/mol. The highest BCUT2D eigenvalue weighted by atomic mass is 19.1. The number of nitriles is 1. The molecule has 1 fully saturated rings. The van der Waals surface area contributed by atoms with Crippen molar-refractivity contribution < 1.29 is 4.39 Å². The fourth-order valence-electron chi connectivity index (χ4n) is 3.80. The van der Waals surface area contributed by atoms with Crippen LogP contribution in [0.25, 0.3) is 0 Å². The van der Waals surface area contributed by atoms with Crippen LogP contribution in [0.1, 0.15) is 31.5 Å². The van der Waals surface area contributed by atoms with Gasteiger partial charge in [0.15, 0.2) is 0 Å². The van der Waals surface area contributed by atoms with Gasteiger partial charge in [0.25, 0.3) is 0 Å². The molecule has 0 aliphatic carbocycles. The number of nitrogens with zero attached hydrogens (tertiary/aromatic N) is 3. The Kier molecular flexibility index (Phi) is 4.48. The molecule has 0 unspecified atom stereocenters. The molecule has 0 bridgehead atoms. The molecule has 0 saturated carbocycles. The second-order valence-electron chi connectivity index (χ2n) is 6.95. The number of piperidine rings is 1. The van der Waals surface area contributed by atoms with Crippen molar-refractivity contribution >= 4 is 11.5 Å². The SMILES string of the molecule is C[C@@H]1C[C@H](C)CN(c2c(N)cc(C#N)n2Cc2ccccc2F)C1. The Labute approximate surface area is 142 Å². The first-order valence-electron chi connectivity index (χ1n) is 8.37. The van der Waals surface area contributed by atoms with Crippen molar-refractivity contribution in [3.63, 3.8) is 0 Å². The molecule has 0 radical (unpaired) electrons. The summed E-state index contributed by atoms with van der Waals surface area (Å²) in [6.07, 6.45) is 1.19. The van der Waals surface area contributed by atoms with Crippen molar-refractivity contribution in [3.8, 4) is 6.07 Å². The molecule has 1 aromatic heterocycles.